The van der Waals surface area contributed by atoms with Gasteiger partial charge < -0.3 is 9.30 Å². The Morgan fingerprint density at radius 2 is 2.04 bits per heavy atom. The monoisotopic (exact) mass is 417 g/mol. The third-order valence-corrected chi connectivity index (χ3v) is 8.03. The summed E-state index contributed by atoms with van der Waals surface area (Å²) in [6.45, 7) is 0.654. The fourth-order valence-electron chi connectivity index (χ4n) is 3.38. The number of imidazole rings is 1. The van der Waals surface area contributed by atoms with Gasteiger partial charge in [-0.15, -0.1) is 11.3 Å². The van der Waals surface area contributed by atoms with Gasteiger partial charge in [0.1, 0.15) is 10.3 Å². The van der Waals surface area contributed by atoms with Gasteiger partial charge in [-0.05, 0) is 17.0 Å². The van der Waals surface area contributed by atoms with E-state index >= 15 is 0 Å². The van der Waals surface area contributed by atoms with Gasteiger partial charge in [0, 0.05) is 13.0 Å². The molecule has 146 valence electrons. The van der Waals surface area contributed by atoms with Crippen molar-refractivity contribution in [2.24, 2.45) is 0 Å². The molecule has 4 rings (SSSR count). The molecule has 28 heavy (non-hydrogen) atoms. The van der Waals surface area contributed by atoms with Gasteiger partial charge in [-0.2, -0.15) is 4.31 Å². The van der Waals surface area contributed by atoms with Crippen LogP contribution >= 0.6 is 11.3 Å². The molecule has 7 nitrogen and oxygen atoms in total. The molecule has 1 unspecified atom stereocenters. The van der Waals surface area contributed by atoms with Crippen molar-refractivity contribution in [2.75, 3.05) is 7.11 Å². The molecule has 1 aliphatic rings. The Morgan fingerprint density at radius 3 is 2.71 bits per heavy atom. The number of methoxy groups -OCH3 is 1. The van der Waals surface area contributed by atoms with Crippen molar-refractivity contribution in [3.8, 4) is 0 Å². The van der Waals surface area contributed by atoms with Gasteiger partial charge in [-0.25, -0.2) is 13.4 Å². The Hall–Kier alpha value is -2.49. The van der Waals surface area contributed by atoms with Crippen LogP contribution in [0.5, 0.6) is 0 Å². The first-order valence-corrected chi connectivity index (χ1v) is 11.0. The van der Waals surface area contributed by atoms with E-state index in [0.29, 0.717) is 6.54 Å². The number of esters is 1. The van der Waals surface area contributed by atoms with E-state index in [1.165, 1.54) is 11.4 Å². The van der Waals surface area contributed by atoms with E-state index in [1.807, 2.05) is 34.9 Å². The lowest BCUT2D eigenvalue weighted by atomic mass is 10.1. The molecule has 0 fully saturated rings. The average molecular weight is 418 g/mol. The first kappa shape index (κ1) is 18.9. The fraction of sp³-hybridized carbons (Fsp3) is 0.263. The van der Waals surface area contributed by atoms with Crippen molar-refractivity contribution >= 4 is 27.3 Å². The van der Waals surface area contributed by atoms with Crippen molar-refractivity contribution in [3.63, 3.8) is 0 Å². The Morgan fingerprint density at radius 1 is 1.25 bits per heavy atom. The van der Waals surface area contributed by atoms with Gasteiger partial charge in [0.05, 0.1) is 31.4 Å². The number of thiophene rings is 1. The van der Waals surface area contributed by atoms with Crippen LogP contribution in [0.4, 0.5) is 0 Å². The van der Waals surface area contributed by atoms with Crippen molar-refractivity contribution in [1.82, 2.24) is 13.9 Å². The topological polar surface area (TPSA) is 81.5 Å². The van der Waals surface area contributed by atoms with Crippen LogP contribution in [0.15, 0.2) is 58.4 Å². The predicted octanol–water partition coefficient (Wildman–Crippen LogP) is 2.28. The summed E-state index contributed by atoms with van der Waals surface area (Å²) in [6, 6.07) is 12.2. The molecule has 0 bridgehead atoms. The van der Waals surface area contributed by atoms with E-state index in [2.05, 4.69) is 4.98 Å². The SMILES string of the molecule is COC(=O)C1Cc2ncn(Cc3ccccc3)c2CN1S(=O)(=O)c1cccs1. The van der Waals surface area contributed by atoms with Gasteiger partial charge in [0.2, 0.25) is 0 Å². The summed E-state index contributed by atoms with van der Waals surface area (Å²) in [5, 5.41) is 1.70. The first-order chi connectivity index (χ1) is 13.5. The normalized spacial score (nSPS) is 17.2. The lowest BCUT2D eigenvalue weighted by molar-refractivity contribution is -0.145. The molecule has 0 saturated heterocycles. The number of fused-ring (bicyclic) bond motifs is 1. The van der Waals surface area contributed by atoms with Crippen molar-refractivity contribution in [3.05, 3.63) is 71.1 Å². The molecule has 2 aromatic heterocycles. The number of hydrogen-bond donors (Lipinski definition) is 0. The molecule has 0 spiro atoms. The van der Waals surface area contributed by atoms with Crippen LogP contribution < -0.4 is 0 Å². The largest absolute Gasteiger partial charge is 0.468 e. The van der Waals surface area contributed by atoms with Gasteiger partial charge >= 0.3 is 5.97 Å². The maximum Gasteiger partial charge on any atom is 0.324 e. The second-order valence-electron chi connectivity index (χ2n) is 6.48. The van der Waals surface area contributed by atoms with E-state index in [4.69, 9.17) is 4.74 Å². The zero-order chi connectivity index (χ0) is 19.7. The molecule has 0 aliphatic carbocycles. The Balaban J connectivity index is 1.72. The lowest BCUT2D eigenvalue weighted by Gasteiger charge is -2.32. The van der Waals surface area contributed by atoms with Crippen LogP contribution in [0, 0.1) is 0 Å². The Kier molecular flexibility index (Phi) is 5.05. The molecule has 1 atom stereocenters. The number of carbonyl (C=O) groups excluding carboxylic acids is 1. The number of hydrogen-bond acceptors (Lipinski definition) is 6. The smallest absolute Gasteiger partial charge is 0.324 e. The van der Waals surface area contributed by atoms with Crippen molar-refractivity contribution in [2.45, 2.75) is 29.8 Å². The maximum absolute atomic E-state index is 13.2. The minimum Gasteiger partial charge on any atom is -0.468 e. The standard InChI is InChI=1S/C19H19N3O4S2/c1-26-19(23)16-10-15-17(12-22(16)28(24,25)18-8-5-9-27-18)21(13-20-15)11-14-6-3-2-4-7-14/h2-9,13,16H,10-12H2,1H3. The summed E-state index contributed by atoms with van der Waals surface area (Å²) in [4.78, 5) is 16.8. The molecular formula is C19H19N3O4S2. The predicted molar refractivity (Wildman–Crippen MR) is 104 cm³/mol. The first-order valence-electron chi connectivity index (χ1n) is 8.70. The molecule has 1 aromatic carbocycles. The number of aromatic nitrogens is 2. The summed E-state index contributed by atoms with van der Waals surface area (Å²) in [5.41, 5.74) is 2.61. The molecule has 0 amide bonds. The Labute approximate surface area is 167 Å². The molecule has 9 heteroatoms. The van der Waals surface area contributed by atoms with Crippen LogP contribution in [-0.4, -0.2) is 41.4 Å². The number of rotatable bonds is 5. The Bertz CT molecular complexity index is 1080. The summed E-state index contributed by atoms with van der Waals surface area (Å²) >= 11 is 1.13. The zero-order valence-electron chi connectivity index (χ0n) is 15.2. The van der Waals surface area contributed by atoms with E-state index < -0.39 is 22.0 Å². The highest BCUT2D eigenvalue weighted by Gasteiger charge is 2.42. The molecule has 0 N–H and O–H groups in total. The second-order valence-corrected chi connectivity index (χ2v) is 9.54. The second kappa shape index (κ2) is 7.50. The highest BCUT2D eigenvalue weighted by molar-refractivity contribution is 7.91. The lowest BCUT2D eigenvalue weighted by Crippen LogP contribution is -2.49. The van der Waals surface area contributed by atoms with Crippen LogP contribution in [-0.2, 0) is 39.1 Å². The third-order valence-electron chi connectivity index (χ3n) is 4.80. The molecule has 3 aromatic rings. The minimum atomic E-state index is -3.82. The highest BCUT2D eigenvalue weighted by Crippen LogP contribution is 2.31. The van der Waals surface area contributed by atoms with Crippen LogP contribution in [0.2, 0.25) is 0 Å². The summed E-state index contributed by atoms with van der Waals surface area (Å²) in [7, 11) is -2.56. The van der Waals surface area contributed by atoms with Crippen molar-refractivity contribution < 1.29 is 17.9 Å². The van der Waals surface area contributed by atoms with Crippen molar-refractivity contribution in [1.29, 1.82) is 0 Å². The van der Waals surface area contributed by atoms with Gasteiger partial charge in [-0.1, -0.05) is 36.4 Å². The van der Waals surface area contributed by atoms with E-state index in [9.17, 15) is 13.2 Å². The fourth-order valence-corrected chi connectivity index (χ4v) is 6.03. The van der Waals surface area contributed by atoms with Crippen LogP contribution in [0.3, 0.4) is 0 Å². The van der Waals surface area contributed by atoms with Gasteiger partial charge in [0.25, 0.3) is 10.0 Å². The summed E-state index contributed by atoms with van der Waals surface area (Å²) in [5.74, 6) is -0.580. The number of carbonyl (C=O) groups is 1. The van der Waals surface area contributed by atoms with E-state index in [1.54, 1.807) is 23.8 Å². The molecule has 0 saturated carbocycles. The van der Waals surface area contributed by atoms with Crippen LogP contribution in [0.1, 0.15) is 17.0 Å². The van der Waals surface area contributed by atoms with E-state index in [0.717, 1.165) is 28.3 Å². The average Bonchev–Trinajstić information content (AvgIpc) is 3.38. The zero-order valence-corrected chi connectivity index (χ0v) is 16.8. The minimum absolute atomic E-state index is 0.0716. The van der Waals surface area contributed by atoms with Gasteiger partial charge in [0.15, 0.2) is 0 Å². The molecule has 0 radical (unpaired) electrons. The highest BCUT2D eigenvalue weighted by atomic mass is 32.2. The maximum atomic E-state index is 13.2. The number of sulfonamides is 1. The number of ether oxygens (including phenoxy) is 1. The third kappa shape index (κ3) is 3.36. The van der Waals surface area contributed by atoms with Gasteiger partial charge in [-0.3, -0.25) is 4.79 Å². The summed E-state index contributed by atoms with van der Waals surface area (Å²) < 4.78 is 34.6. The molecule has 1 aliphatic heterocycles. The quantitative estimate of drug-likeness (QED) is 0.595. The number of nitrogens with zero attached hydrogens (tertiary/aromatic N) is 3. The number of benzene rings is 1. The van der Waals surface area contributed by atoms with Crippen LogP contribution in [0.25, 0.3) is 0 Å². The summed E-state index contributed by atoms with van der Waals surface area (Å²) in [6.07, 6.45) is 1.89. The van der Waals surface area contributed by atoms with E-state index in [-0.39, 0.29) is 17.2 Å². The molecular weight excluding hydrogens is 398 g/mol. The molecule has 3 heterocycles.